The molecule has 0 fully saturated rings. The highest BCUT2D eigenvalue weighted by Gasteiger charge is 2.27. The fourth-order valence-electron chi connectivity index (χ4n) is 1.54. The molecule has 0 aliphatic heterocycles. The van der Waals surface area contributed by atoms with Crippen molar-refractivity contribution in [2.75, 3.05) is 19.8 Å². The molecule has 1 rings (SSSR count). The number of hydrogen-bond donors (Lipinski definition) is 0. The van der Waals surface area contributed by atoms with E-state index < -0.39 is 13.6 Å². The molecule has 6 heteroatoms. The first-order chi connectivity index (χ1) is 9.07. The zero-order valence-electron chi connectivity index (χ0n) is 11.4. The lowest BCUT2D eigenvalue weighted by Gasteiger charge is -2.17. The van der Waals surface area contributed by atoms with Crippen LogP contribution in [0.4, 0.5) is 0 Å². The van der Waals surface area contributed by atoms with Crippen molar-refractivity contribution in [3.63, 3.8) is 0 Å². The van der Waals surface area contributed by atoms with Crippen molar-refractivity contribution in [3.05, 3.63) is 29.8 Å². The van der Waals surface area contributed by atoms with Crippen molar-refractivity contribution >= 4 is 18.9 Å². The maximum Gasteiger partial charge on any atom is 0.361 e. The van der Waals surface area contributed by atoms with Crippen LogP contribution >= 0.6 is 7.60 Å². The molecule has 0 heterocycles. The Bertz CT molecular complexity index is 462. The molecule has 0 saturated carbocycles. The summed E-state index contributed by atoms with van der Waals surface area (Å²) in [5.41, 5.74) is 0.332. The number of carbonyl (C=O) groups is 1. The molecule has 1 aromatic rings. The van der Waals surface area contributed by atoms with Crippen LogP contribution < -0.4 is 5.30 Å². The Hall–Kier alpha value is -1.16. The normalized spacial score (nSPS) is 11.3. The van der Waals surface area contributed by atoms with E-state index >= 15 is 0 Å². The average Bonchev–Trinajstić information content (AvgIpc) is 2.40. The van der Waals surface area contributed by atoms with E-state index in [1.165, 1.54) is 6.07 Å². The van der Waals surface area contributed by atoms with Crippen LogP contribution in [0.25, 0.3) is 0 Å². The molecule has 5 nitrogen and oxygen atoms in total. The molecule has 106 valence electrons. The smallest absolute Gasteiger partial charge is 0.361 e. The lowest BCUT2D eigenvalue weighted by Crippen LogP contribution is -2.14. The van der Waals surface area contributed by atoms with Gasteiger partial charge in [0.2, 0.25) is 0 Å². The summed E-state index contributed by atoms with van der Waals surface area (Å²) in [4.78, 5) is 11.6. The number of esters is 1. The number of hydrogen-bond acceptors (Lipinski definition) is 5. The zero-order valence-corrected chi connectivity index (χ0v) is 12.3. The quantitative estimate of drug-likeness (QED) is 0.569. The summed E-state index contributed by atoms with van der Waals surface area (Å²) in [5, 5.41) is 0.363. The predicted octanol–water partition coefficient (Wildman–Crippen LogP) is 2.75. The Morgan fingerprint density at radius 3 is 2.26 bits per heavy atom. The van der Waals surface area contributed by atoms with Gasteiger partial charge in [-0.2, -0.15) is 0 Å². The Morgan fingerprint density at radius 2 is 1.74 bits per heavy atom. The van der Waals surface area contributed by atoms with E-state index in [2.05, 4.69) is 0 Å². The summed E-state index contributed by atoms with van der Waals surface area (Å²) in [7, 11) is -3.37. The summed E-state index contributed by atoms with van der Waals surface area (Å²) >= 11 is 0. The molecule has 0 atom stereocenters. The van der Waals surface area contributed by atoms with E-state index in [0.29, 0.717) is 10.9 Å². The van der Waals surface area contributed by atoms with Gasteiger partial charge in [-0.25, -0.2) is 4.79 Å². The highest BCUT2D eigenvalue weighted by atomic mass is 31.2. The van der Waals surface area contributed by atoms with Gasteiger partial charge in [0.15, 0.2) is 0 Å². The van der Waals surface area contributed by atoms with Crippen molar-refractivity contribution in [3.8, 4) is 0 Å². The second-order valence-corrected chi connectivity index (χ2v) is 5.63. The van der Waals surface area contributed by atoms with E-state index in [-0.39, 0.29) is 19.8 Å². The van der Waals surface area contributed by atoms with Gasteiger partial charge in [0.05, 0.1) is 30.7 Å². The molecule has 0 unspecified atom stereocenters. The first kappa shape index (κ1) is 15.9. The maximum atomic E-state index is 12.6. The molecular formula is C13H19O5P. The largest absolute Gasteiger partial charge is 0.462 e. The molecule has 0 saturated heterocycles. The Labute approximate surface area is 113 Å². The van der Waals surface area contributed by atoms with Gasteiger partial charge in [-0.05, 0) is 39.0 Å². The minimum atomic E-state index is -3.37. The molecule has 0 aromatic heterocycles. The second kappa shape index (κ2) is 7.43. The van der Waals surface area contributed by atoms with E-state index in [1.807, 2.05) is 0 Å². The topological polar surface area (TPSA) is 61.8 Å². The molecule has 1 aromatic carbocycles. The lowest BCUT2D eigenvalue weighted by molar-refractivity contribution is 0.0526. The van der Waals surface area contributed by atoms with Gasteiger partial charge < -0.3 is 13.8 Å². The van der Waals surface area contributed by atoms with Gasteiger partial charge in [-0.15, -0.1) is 0 Å². The van der Waals surface area contributed by atoms with Crippen LogP contribution in [0.15, 0.2) is 24.3 Å². The number of ether oxygens (including phenoxy) is 1. The number of benzene rings is 1. The molecule has 0 bridgehead atoms. The van der Waals surface area contributed by atoms with Crippen LogP contribution in [-0.4, -0.2) is 25.8 Å². The van der Waals surface area contributed by atoms with Crippen molar-refractivity contribution < 1.29 is 23.1 Å². The van der Waals surface area contributed by atoms with Crippen molar-refractivity contribution in [1.82, 2.24) is 0 Å². The SMILES string of the molecule is CCOC(=O)c1cccc(P(=O)(OCC)OCC)c1. The minimum absolute atomic E-state index is 0.265. The Morgan fingerprint density at radius 1 is 1.11 bits per heavy atom. The first-order valence-electron chi connectivity index (χ1n) is 6.24. The number of rotatable bonds is 7. The van der Waals surface area contributed by atoms with E-state index in [9.17, 15) is 9.36 Å². The van der Waals surface area contributed by atoms with Crippen LogP contribution in [0, 0.1) is 0 Å². The molecule has 0 radical (unpaired) electrons. The Kier molecular flexibility index (Phi) is 6.22. The third-order valence-corrected chi connectivity index (χ3v) is 4.38. The summed E-state index contributed by atoms with van der Waals surface area (Å²) in [5.74, 6) is -0.455. The number of carbonyl (C=O) groups excluding carboxylic acids is 1. The van der Waals surface area contributed by atoms with Crippen LogP contribution in [0.5, 0.6) is 0 Å². The summed E-state index contributed by atoms with van der Waals surface area (Å²) in [6, 6.07) is 6.34. The fourth-order valence-corrected chi connectivity index (χ4v) is 3.16. The van der Waals surface area contributed by atoms with Gasteiger partial charge in [0, 0.05) is 0 Å². The average molecular weight is 286 g/mol. The summed E-state index contributed by atoms with van der Waals surface area (Å²) in [6.45, 7) is 6.02. The monoisotopic (exact) mass is 286 g/mol. The predicted molar refractivity (Wildman–Crippen MR) is 72.9 cm³/mol. The maximum absolute atomic E-state index is 12.6. The van der Waals surface area contributed by atoms with Crippen LogP contribution in [0.3, 0.4) is 0 Å². The van der Waals surface area contributed by atoms with Crippen molar-refractivity contribution in [2.45, 2.75) is 20.8 Å². The third-order valence-electron chi connectivity index (χ3n) is 2.27. The molecule has 0 spiro atoms. The highest BCUT2D eigenvalue weighted by Crippen LogP contribution is 2.46. The van der Waals surface area contributed by atoms with Crippen molar-refractivity contribution in [2.24, 2.45) is 0 Å². The van der Waals surface area contributed by atoms with Crippen LogP contribution in [0.2, 0.25) is 0 Å². The van der Waals surface area contributed by atoms with E-state index in [1.54, 1.807) is 39.0 Å². The minimum Gasteiger partial charge on any atom is -0.462 e. The van der Waals surface area contributed by atoms with E-state index in [0.717, 1.165) is 0 Å². The lowest BCUT2D eigenvalue weighted by atomic mass is 10.2. The van der Waals surface area contributed by atoms with Gasteiger partial charge in [0.1, 0.15) is 0 Å². The third kappa shape index (κ3) is 4.16. The summed E-state index contributed by atoms with van der Waals surface area (Å²) < 4.78 is 27.9. The van der Waals surface area contributed by atoms with Gasteiger partial charge in [-0.1, -0.05) is 6.07 Å². The van der Waals surface area contributed by atoms with Crippen molar-refractivity contribution in [1.29, 1.82) is 0 Å². The summed E-state index contributed by atoms with van der Waals surface area (Å²) in [6.07, 6.45) is 0. The molecule has 0 N–H and O–H groups in total. The fraction of sp³-hybridized carbons (Fsp3) is 0.462. The zero-order chi connectivity index (χ0) is 14.3. The molecular weight excluding hydrogens is 267 g/mol. The van der Waals surface area contributed by atoms with Gasteiger partial charge >= 0.3 is 13.6 Å². The first-order valence-corrected chi connectivity index (χ1v) is 7.78. The molecule has 0 amide bonds. The van der Waals surface area contributed by atoms with Gasteiger partial charge in [-0.3, -0.25) is 4.57 Å². The highest BCUT2D eigenvalue weighted by molar-refractivity contribution is 7.62. The standard InChI is InChI=1S/C13H19O5P/c1-4-16-13(14)11-8-7-9-12(10-11)19(15,17-5-2)18-6-3/h7-10H,4-6H2,1-3H3. The second-order valence-electron chi connectivity index (χ2n) is 3.60. The van der Waals surface area contributed by atoms with Gasteiger partial charge in [0.25, 0.3) is 0 Å². The Balaban J connectivity index is 3.08. The van der Waals surface area contributed by atoms with Crippen LogP contribution in [0.1, 0.15) is 31.1 Å². The molecule has 19 heavy (non-hydrogen) atoms. The van der Waals surface area contributed by atoms with E-state index in [4.69, 9.17) is 13.8 Å². The molecule has 0 aliphatic rings. The molecule has 0 aliphatic carbocycles. The van der Waals surface area contributed by atoms with Crippen LogP contribution in [-0.2, 0) is 18.3 Å².